The fourth-order valence-electron chi connectivity index (χ4n) is 6.95. The summed E-state index contributed by atoms with van der Waals surface area (Å²) in [5, 5.41) is 75.1. The molecular formula is C44H83NO10. The number of hydrogen-bond donors (Lipinski definition) is 8. The molecule has 9 unspecified atom stereocenters. The van der Waals surface area contributed by atoms with Gasteiger partial charge in [-0.2, -0.15) is 0 Å². The fraction of sp³-hybridized carbons (Fsp3) is 0.886. The summed E-state index contributed by atoms with van der Waals surface area (Å²) in [4.78, 5) is 13.0. The van der Waals surface area contributed by atoms with E-state index < -0.39 is 74.2 Å². The van der Waals surface area contributed by atoms with Crippen LogP contribution in [0.15, 0.2) is 24.3 Å². The lowest BCUT2D eigenvalue weighted by molar-refractivity contribution is -0.303. The lowest BCUT2D eigenvalue weighted by Crippen LogP contribution is -2.60. The van der Waals surface area contributed by atoms with E-state index in [9.17, 15) is 40.5 Å². The van der Waals surface area contributed by atoms with E-state index in [2.05, 4.69) is 37.4 Å². The highest BCUT2D eigenvalue weighted by Crippen LogP contribution is 2.23. The van der Waals surface area contributed by atoms with Gasteiger partial charge in [0.1, 0.15) is 36.6 Å². The number of unbranched alkanes of at least 4 members (excludes halogenated alkanes) is 20. The fourth-order valence-corrected chi connectivity index (χ4v) is 6.95. The molecule has 0 radical (unpaired) electrons. The highest BCUT2D eigenvalue weighted by Gasteiger charge is 2.44. The molecule has 1 fully saturated rings. The second kappa shape index (κ2) is 34.6. The Kier molecular flexibility index (Phi) is 32.5. The minimum atomic E-state index is -1.66. The number of hydrogen-bond acceptors (Lipinski definition) is 10. The van der Waals surface area contributed by atoms with Crippen LogP contribution in [0.4, 0.5) is 0 Å². The average molecular weight is 786 g/mol. The van der Waals surface area contributed by atoms with Gasteiger partial charge in [-0.05, 0) is 57.8 Å². The molecule has 1 amide bonds. The van der Waals surface area contributed by atoms with Gasteiger partial charge in [-0.25, -0.2) is 0 Å². The SMILES string of the molecule is CCCC/C=C/CCCC(O)C(O)C(COC1OC(CO)C(O)C(O)C1O)NC(=O)C(O)CCCCCCCC/C=C\CCCCCCCCCCCCC. The van der Waals surface area contributed by atoms with E-state index in [1.165, 1.54) is 77.0 Å². The first-order chi connectivity index (χ1) is 26.7. The Bertz CT molecular complexity index is 950. The maximum atomic E-state index is 13.0. The van der Waals surface area contributed by atoms with Gasteiger partial charge in [0, 0.05) is 0 Å². The predicted molar refractivity (Wildman–Crippen MR) is 219 cm³/mol. The summed E-state index contributed by atoms with van der Waals surface area (Å²) < 4.78 is 11.0. The first-order valence-electron chi connectivity index (χ1n) is 22.2. The molecule has 11 nitrogen and oxygen atoms in total. The van der Waals surface area contributed by atoms with E-state index in [-0.39, 0.29) is 12.8 Å². The third kappa shape index (κ3) is 24.9. The molecule has 1 rings (SSSR count). The molecule has 11 heteroatoms. The van der Waals surface area contributed by atoms with E-state index in [1.54, 1.807) is 0 Å². The number of ether oxygens (including phenoxy) is 2. The number of amides is 1. The molecule has 1 aliphatic heterocycles. The van der Waals surface area contributed by atoms with Crippen molar-refractivity contribution in [3.05, 3.63) is 24.3 Å². The van der Waals surface area contributed by atoms with Crippen molar-refractivity contribution in [2.24, 2.45) is 0 Å². The van der Waals surface area contributed by atoms with E-state index in [0.29, 0.717) is 12.8 Å². The first kappa shape index (κ1) is 51.6. The molecule has 0 aromatic carbocycles. The number of rotatable bonds is 36. The van der Waals surface area contributed by atoms with Crippen LogP contribution < -0.4 is 5.32 Å². The number of carbonyl (C=O) groups excluding carboxylic acids is 1. The van der Waals surface area contributed by atoms with Crippen LogP contribution in [0.2, 0.25) is 0 Å². The maximum absolute atomic E-state index is 13.0. The van der Waals surface area contributed by atoms with Gasteiger partial charge < -0.3 is 50.5 Å². The molecule has 324 valence electrons. The van der Waals surface area contributed by atoms with Crippen LogP contribution in [-0.2, 0) is 14.3 Å². The number of aliphatic hydroxyl groups excluding tert-OH is 7. The van der Waals surface area contributed by atoms with E-state index in [4.69, 9.17) is 9.47 Å². The Morgan fingerprint density at radius 1 is 0.618 bits per heavy atom. The summed E-state index contributed by atoms with van der Waals surface area (Å²) in [6.45, 7) is 3.32. The summed E-state index contributed by atoms with van der Waals surface area (Å²) in [6.07, 6.45) is 25.6. The number of allylic oxidation sites excluding steroid dienone is 4. The predicted octanol–water partition coefficient (Wildman–Crippen LogP) is 6.67. The van der Waals surface area contributed by atoms with Crippen molar-refractivity contribution in [2.45, 2.75) is 236 Å². The highest BCUT2D eigenvalue weighted by molar-refractivity contribution is 5.80. The van der Waals surface area contributed by atoms with Gasteiger partial charge in [-0.15, -0.1) is 0 Å². The second-order valence-corrected chi connectivity index (χ2v) is 15.8. The highest BCUT2D eigenvalue weighted by atomic mass is 16.7. The summed E-state index contributed by atoms with van der Waals surface area (Å²) in [6, 6.07) is -1.18. The third-order valence-electron chi connectivity index (χ3n) is 10.7. The molecule has 0 aromatic heterocycles. The number of nitrogens with one attached hydrogen (secondary N) is 1. The van der Waals surface area contributed by atoms with Gasteiger partial charge in [0.2, 0.25) is 5.91 Å². The zero-order valence-corrected chi connectivity index (χ0v) is 34.7. The van der Waals surface area contributed by atoms with Crippen molar-refractivity contribution in [1.29, 1.82) is 0 Å². The van der Waals surface area contributed by atoms with Crippen LogP contribution in [0.3, 0.4) is 0 Å². The molecular weight excluding hydrogens is 702 g/mol. The molecule has 1 saturated heterocycles. The Hall–Kier alpha value is -1.41. The lowest BCUT2D eigenvalue weighted by atomic mass is 9.98. The largest absolute Gasteiger partial charge is 0.394 e. The Labute approximate surface area is 334 Å². The molecule has 1 heterocycles. The first-order valence-corrected chi connectivity index (χ1v) is 22.2. The van der Waals surface area contributed by atoms with Crippen molar-refractivity contribution >= 4 is 5.91 Å². The quantitative estimate of drug-likeness (QED) is 0.0252. The third-order valence-corrected chi connectivity index (χ3v) is 10.7. The van der Waals surface area contributed by atoms with Gasteiger partial charge in [0.15, 0.2) is 6.29 Å². The summed E-state index contributed by atoms with van der Waals surface area (Å²) in [7, 11) is 0. The monoisotopic (exact) mass is 786 g/mol. The van der Waals surface area contributed by atoms with Gasteiger partial charge in [0.05, 0.1) is 25.4 Å². The molecule has 8 N–H and O–H groups in total. The summed E-state index contributed by atoms with van der Waals surface area (Å²) in [5.41, 5.74) is 0. The van der Waals surface area contributed by atoms with E-state index >= 15 is 0 Å². The topological polar surface area (TPSA) is 189 Å². The van der Waals surface area contributed by atoms with Crippen molar-refractivity contribution < 1.29 is 50.0 Å². The van der Waals surface area contributed by atoms with Crippen LogP contribution in [0.1, 0.15) is 181 Å². The van der Waals surface area contributed by atoms with Crippen LogP contribution in [0.25, 0.3) is 0 Å². The van der Waals surface area contributed by atoms with Gasteiger partial charge in [-0.3, -0.25) is 4.79 Å². The molecule has 0 bridgehead atoms. The molecule has 1 aliphatic rings. The maximum Gasteiger partial charge on any atom is 0.249 e. The van der Waals surface area contributed by atoms with Gasteiger partial charge in [-0.1, -0.05) is 147 Å². The normalized spacial score (nSPS) is 22.7. The summed E-state index contributed by atoms with van der Waals surface area (Å²) in [5.74, 6) is -0.715. The Morgan fingerprint density at radius 3 is 1.62 bits per heavy atom. The molecule has 0 spiro atoms. The average Bonchev–Trinajstić information content (AvgIpc) is 3.18. The molecule has 9 atom stereocenters. The molecule has 0 aliphatic carbocycles. The molecule has 0 aromatic rings. The lowest BCUT2D eigenvalue weighted by Gasteiger charge is -2.40. The van der Waals surface area contributed by atoms with Crippen LogP contribution in [-0.4, -0.2) is 110 Å². The van der Waals surface area contributed by atoms with Crippen LogP contribution in [0.5, 0.6) is 0 Å². The van der Waals surface area contributed by atoms with Crippen LogP contribution >= 0.6 is 0 Å². The zero-order valence-electron chi connectivity index (χ0n) is 34.7. The molecule has 0 saturated carbocycles. The minimum absolute atomic E-state index is 0.247. The number of aliphatic hydroxyl groups is 7. The Morgan fingerprint density at radius 2 is 1.09 bits per heavy atom. The van der Waals surface area contributed by atoms with Crippen molar-refractivity contribution in [1.82, 2.24) is 5.32 Å². The van der Waals surface area contributed by atoms with Crippen LogP contribution in [0, 0.1) is 0 Å². The summed E-state index contributed by atoms with van der Waals surface area (Å²) >= 11 is 0. The second-order valence-electron chi connectivity index (χ2n) is 15.8. The van der Waals surface area contributed by atoms with Gasteiger partial charge in [0.25, 0.3) is 0 Å². The number of carbonyl (C=O) groups is 1. The van der Waals surface area contributed by atoms with Gasteiger partial charge >= 0.3 is 0 Å². The Balaban J connectivity index is 2.37. The smallest absolute Gasteiger partial charge is 0.249 e. The van der Waals surface area contributed by atoms with Crippen molar-refractivity contribution in [3.63, 3.8) is 0 Å². The van der Waals surface area contributed by atoms with Crippen molar-refractivity contribution in [2.75, 3.05) is 13.2 Å². The van der Waals surface area contributed by atoms with E-state index in [0.717, 1.165) is 64.2 Å². The molecule has 55 heavy (non-hydrogen) atoms. The van der Waals surface area contributed by atoms with E-state index in [1.807, 2.05) is 6.08 Å². The standard InChI is InChI=1S/C44H83NO10/c1-3-5-7-9-11-12-13-14-15-16-17-18-19-20-21-22-23-24-26-28-30-32-37(48)43(53)45-35(39(49)36(47)31-29-27-25-10-8-6-4-2)34-54-44-42(52)41(51)40(50)38(33-46)55-44/h10,19-20,25,35-42,44,46-52H,3-9,11-18,21-24,26-34H2,1-2H3,(H,45,53)/b20-19-,25-10+. The zero-order chi connectivity index (χ0) is 40.5. The van der Waals surface area contributed by atoms with Crippen molar-refractivity contribution in [3.8, 4) is 0 Å². The minimum Gasteiger partial charge on any atom is -0.394 e.